The van der Waals surface area contributed by atoms with E-state index in [9.17, 15) is 0 Å². The van der Waals surface area contributed by atoms with Gasteiger partial charge in [-0.05, 0) is 33.8 Å². The maximum atomic E-state index is 5.94. The van der Waals surface area contributed by atoms with Crippen LogP contribution in [0.1, 0.15) is 44.1 Å². The van der Waals surface area contributed by atoms with Gasteiger partial charge >= 0.3 is 0 Å². The molecule has 2 heterocycles. The highest BCUT2D eigenvalue weighted by Crippen LogP contribution is 2.24. The van der Waals surface area contributed by atoms with Gasteiger partial charge < -0.3 is 9.26 Å². The Balaban J connectivity index is 1.56. The lowest BCUT2D eigenvalue weighted by molar-refractivity contribution is 0.0837. The second-order valence-electron chi connectivity index (χ2n) is 6.94. The van der Waals surface area contributed by atoms with Crippen LogP contribution in [0, 0.1) is 6.92 Å². The van der Waals surface area contributed by atoms with Crippen LogP contribution in [-0.2, 0) is 6.54 Å². The summed E-state index contributed by atoms with van der Waals surface area (Å²) in [4.78, 5) is 9.24. The lowest BCUT2D eigenvalue weighted by atomic mass is 10.1. The molecule has 0 bridgehead atoms. The zero-order valence-electron chi connectivity index (χ0n) is 15.6. The summed E-state index contributed by atoms with van der Waals surface area (Å²) in [5.74, 6) is 2.40. The average Bonchev–Trinajstić information content (AvgIpc) is 3.03. The van der Waals surface area contributed by atoms with E-state index in [4.69, 9.17) is 9.26 Å². The summed E-state index contributed by atoms with van der Waals surface area (Å²) in [6.45, 7) is 13.1. The Bertz CT molecular complexity index is 678. The Morgan fingerprint density at radius 2 is 1.84 bits per heavy atom. The van der Waals surface area contributed by atoms with Crippen LogP contribution < -0.4 is 4.74 Å². The van der Waals surface area contributed by atoms with Crippen molar-refractivity contribution >= 4 is 0 Å². The Morgan fingerprint density at radius 1 is 1.12 bits per heavy atom. The number of ether oxygens (including phenoxy) is 1. The minimum Gasteiger partial charge on any atom is -0.491 e. The van der Waals surface area contributed by atoms with Crippen LogP contribution in [-0.4, -0.2) is 52.2 Å². The van der Waals surface area contributed by atoms with Gasteiger partial charge in [0.05, 0.1) is 12.1 Å². The van der Waals surface area contributed by atoms with Crippen LogP contribution in [0.3, 0.4) is 0 Å². The topological polar surface area (TPSA) is 54.6 Å². The van der Waals surface area contributed by atoms with E-state index in [1.165, 1.54) is 5.56 Å². The number of aryl methyl sites for hydroxylation is 1. The molecule has 1 fully saturated rings. The largest absolute Gasteiger partial charge is 0.491 e. The van der Waals surface area contributed by atoms with E-state index >= 15 is 0 Å². The van der Waals surface area contributed by atoms with E-state index < -0.39 is 0 Å². The highest BCUT2D eigenvalue weighted by molar-refractivity contribution is 5.33. The molecule has 0 unspecified atom stereocenters. The van der Waals surface area contributed by atoms with E-state index in [1.807, 2.05) is 13.0 Å². The Morgan fingerprint density at radius 3 is 2.48 bits per heavy atom. The van der Waals surface area contributed by atoms with Crippen LogP contribution in [0.4, 0.5) is 0 Å². The third-order valence-electron chi connectivity index (χ3n) is 4.58. The van der Waals surface area contributed by atoms with Crippen molar-refractivity contribution < 1.29 is 9.26 Å². The van der Waals surface area contributed by atoms with Gasteiger partial charge in [0.15, 0.2) is 5.82 Å². The summed E-state index contributed by atoms with van der Waals surface area (Å²) in [5, 5.41) is 3.90. The maximum Gasteiger partial charge on any atom is 0.243 e. The van der Waals surface area contributed by atoms with Crippen molar-refractivity contribution in [2.24, 2.45) is 0 Å². The van der Waals surface area contributed by atoms with E-state index in [1.54, 1.807) is 0 Å². The van der Waals surface area contributed by atoms with E-state index in [-0.39, 0.29) is 12.1 Å². The molecular formula is C19H28N4O2. The maximum absolute atomic E-state index is 5.94. The molecule has 0 radical (unpaired) electrons. The molecule has 0 saturated carbocycles. The smallest absolute Gasteiger partial charge is 0.243 e. The average molecular weight is 344 g/mol. The minimum atomic E-state index is 0.167. The summed E-state index contributed by atoms with van der Waals surface area (Å²) < 4.78 is 11.3. The van der Waals surface area contributed by atoms with Crippen molar-refractivity contribution in [2.45, 2.75) is 46.4 Å². The molecule has 1 atom stereocenters. The zero-order valence-corrected chi connectivity index (χ0v) is 15.6. The molecular weight excluding hydrogens is 316 g/mol. The van der Waals surface area contributed by atoms with Crippen molar-refractivity contribution in [2.75, 3.05) is 26.2 Å². The first-order valence-electron chi connectivity index (χ1n) is 9.04. The monoisotopic (exact) mass is 344 g/mol. The Labute approximate surface area is 149 Å². The summed E-state index contributed by atoms with van der Waals surface area (Å²) in [6, 6.07) is 8.51. The van der Waals surface area contributed by atoms with Gasteiger partial charge in [-0.2, -0.15) is 4.98 Å². The van der Waals surface area contributed by atoms with Crippen LogP contribution in [0.2, 0.25) is 0 Å². The van der Waals surface area contributed by atoms with Crippen LogP contribution in [0.15, 0.2) is 28.8 Å². The van der Waals surface area contributed by atoms with Gasteiger partial charge in [-0.1, -0.05) is 23.4 Å². The second-order valence-corrected chi connectivity index (χ2v) is 6.94. The van der Waals surface area contributed by atoms with Crippen molar-refractivity contribution in [1.82, 2.24) is 19.9 Å². The van der Waals surface area contributed by atoms with Gasteiger partial charge in [0.1, 0.15) is 5.75 Å². The normalized spacial score (nSPS) is 17.8. The number of benzene rings is 1. The van der Waals surface area contributed by atoms with Gasteiger partial charge in [0.25, 0.3) is 0 Å². The molecule has 6 nitrogen and oxygen atoms in total. The number of nitrogens with zero attached hydrogens (tertiary/aromatic N) is 4. The number of hydrogen-bond donors (Lipinski definition) is 0. The highest BCUT2D eigenvalue weighted by atomic mass is 16.5. The lowest BCUT2D eigenvalue weighted by Gasteiger charge is -2.37. The molecule has 1 saturated heterocycles. The quantitative estimate of drug-likeness (QED) is 0.803. The first kappa shape index (κ1) is 17.9. The Kier molecular flexibility index (Phi) is 5.71. The fourth-order valence-corrected chi connectivity index (χ4v) is 3.19. The molecule has 1 aliphatic rings. The van der Waals surface area contributed by atoms with Crippen LogP contribution in [0.25, 0.3) is 0 Å². The van der Waals surface area contributed by atoms with Crippen molar-refractivity contribution in [3.8, 4) is 5.75 Å². The predicted octanol–water partition coefficient (Wildman–Crippen LogP) is 3.04. The van der Waals surface area contributed by atoms with Crippen molar-refractivity contribution in [3.63, 3.8) is 0 Å². The van der Waals surface area contributed by atoms with Gasteiger partial charge in [-0.15, -0.1) is 0 Å². The molecule has 2 aromatic rings. The molecule has 0 N–H and O–H groups in total. The summed E-state index contributed by atoms with van der Waals surface area (Å²) in [6.07, 6.45) is 0.191. The number of para-hydroxylation sites is 1. The molecule has 1 aromatic carbocycles. The number of hydrogen-bond acceptors (Lipinski definition) is 6. The molecule has 136 valence electrons. The number of piperazine rings is 1. The SMILES string of the molecule is Cc1noc([C@H](C)N2CCN(Cc3ccccc3OC(C)C)CC2)n1. The highest BCUT2D eigenvalue weighted by Gasteiger charge is 2.25. The first-order chi connectivity index (χ1) is 12.0. The molecule has 1 aromatic heterocycles. The van der Waals surface area contributed by atoms with Gasteiger partial charge in [0.2, 0.25) is 5.89 Å². The fourth-order valence-electron chi connectivity index (χ4n) is 3.19. The lowest BCUT2D eigenvalue weighted by Crippen LogP contribution is -2.46. The van der Waals surface area contributed by atoms with Crippen molar-refractivity contribution in [1.29, 1.82) is 0 Å². The van der Waals surface area contributed by atoms with Gasteiger partial charge in [-0.3, -0.25) is 9.80 Å². The molecule has 0 amide bonds. The molecule has 0 aliphatic carbocycles. The summed E-state index contributed by atoms with van der Waals surface area (Å²) in [7, 11) is 0. The van der Waals surface area contributed by atoms with Gasteiger partial charge in [-0.25, -0.2) is 0 Å². The molecule has 1 aliphatic heterocycles. The first-order valence-corrected chi connectivity index (χ1v) is 9.04. The molecule has 25 heavy (non-hydrogen) atoms. The third kappa shape index (κ3) is 4.58. The van der Waals surface area contributed by atoms with Gasteiger partial charge in [0, 0.05) is 38.3 Å². The molecule has 3 rings (SSSR count). The summed E-state index contributed by atoms with van der Waals surface area (Å²) >= 11 is 0. The molecule has 6 heteroatoms. The fraction of sp³-hybridized carbons (Fsp3) is 0.579. The van der Waals surface area contributed by atoms with E-state index in [0.29, 0.717) is 11.7 Å². The zero-order chi connectivity index (χ0) is 17.8. The summed E-state index contributed by atoms with van der Waals surface area (Å²) in [5.41, 5.74) is 1.25. The molecule has 0 spiro atoms. The van der Waals surface area contributed by atoms with Crippen LogP contribution >= 0.6 is 0 Å². The predicted molar refractivity (Wildman–Crippen MR) is 96.5 cm³/mol. The third-order valence-corrected chi connectivity index (χ3v) is 4.58. The second kappa shape index (κ2) is 7.97. The standard InChI is InChI=1S/C19H28N4O2/c1-14(2)24-18-8-6-5-7-17(18)13-22-9-11-23(12-10-22)15(3)19-20-16(4)21-25-19/h5-8,14-15H,9-13H2,1-4H3/t15-/m0/s1. The van der Waals surface area contributed by atoms with E-state index in [0.717, 1.165) is 38.5 Å². The van der Waals surface area contributed by atoms with Crippen LogP contribution in [0.5, 0.6) is 5.75 Å². The minimum absolute atomic E-state index is 0.167. The number of aromatic nitrogens is 2. The van der Waals surface area contributed by atoms with Crippen molar-refractivity contribution in [3.05, 3.63) is 41.5 Å². The number of rotatable bonds is 6. The van der Waals surface area contributed by atoms with E-state index in [2.05, 4.69) is 58.9 Å². The Hall–Kier alpha value is -1.92.